The summed E-state index contributed by atoms with van der Waals surface area (Å²) in [5.41, 5.74) is 7.54. The largest absolute Gasteiger partial charge is 0.384 e. The number of nitrogens with two attached hydrogens (primary N) is 1. The molecule has 2 heterocycles. The van der Waals surface area contributed by atoms with Gasteiger partial charge in [-0.2, -0.15) is 11.8 Å². The lowest BCUT2D eigenvalue weighted by atomic mass is 10.1. The zero-order chi connectivity index (χ0) is 13.2. The van der Waals surface area contributed by atoms with Crippen LogP contribution in [0.5, 0.6) is 0 Å². The molecule has 3 rings (SSSR count). The van der Waals surface area contributed by atoms with Gasteiger partial charge in [-0.25, -0.2) is 4.98 Å². The van der Waals surface area contributed by atoms with Crippen molar-refractivity contribution in [2.75, 3.05) is 17.2 Å². The number of rotatable bonds is 4. The Morgan fingerprint density at radius 1 is 1.32 bits per heavy atom. The third-order valence-corrected chi connectivity index (χ3v) is 5.58. The van der Waals surface area contributed by atoms with Crippen LogP contribution in [0.1, 0.15) is 55.5 Å². The normalized spacial score (nSPS) is 24.1. The molecule has 104 valence electrons. The molecule has 1 saturated heterocycles. The van der Waals surface area contributed by atoms with Gasteiger partial charge in [0.05, 0.1) is 5.69 Å². The number of nitrogens with zero attached hydrogens (tertiary/aromatic N) is 2. The molecule has 1 aliphatic heterocycles. The Kier molecular flexibility index (Phi) is 3.87. The van der Waals surface area contributed by atoms with Crippen molar-refractivity contribution in [1.82, 2.24) is 9.55 Å². The first-order valence-corrected chi connectivity index (χ1v) is 8.51. The number of hydrogen-bond donors (Lipinski definition) is 1. The summed E-state index contributed by atoms with van der Waals surface area (Å²) in [5, 5.41) is 0. The smallest absolute Gasteiger partial charge is 0.127 e. The lowest BCUT2D eigenvalue weighted by Crippen LogP contribution is -2.09. The van der Waals surface area contributed by atoms with Gasteiger partial charge in [-0.15, -0.1) is 6.58 Å². The number of hydrogen-bond acceptors (Lipinski definition) is 3. The first kappa shape index (κ1) is 13.1. The third-order valence-electron chi connectivity index (χ3n) is 4.41. The Morgan fingerprint density at radius 2 is 2.11 bits per heavy atom. The summed E-state index contributed by atoms with van der Waals surface area (Å²) < 4.78 is 2.21. The van der Waals surface area contributed by atoms with Crippen LogP contribution in [0.3, 0.4) is 0 Å². The second-order valence-corrected chi connectivity index (χ2v) is 6.83. The van der Waals surface area contributed by atoms with Gasteiger partial charge in [0.25, 0.3) is 0 Å². The van der Waals surface area contributed by atoms with Crippen molar-refractivity contribution in [2.45, 2.75) is 50.5 Å². The van der Waals surface area contributed by atoms with E-state index < -0.39 is 0 Å². The molecule has 1 aliphatic carbocycles. The van der Waals surface area contributed by atoms with E-state index in [0.717, 1.165) is 18.1 Å². The molecular weight excluding hydrogens is 254 g/mol. The highest BCUT2D eigenvalue weighted by atomic mass is 32.2. The van der Waals surface area contributed by atoms with Crippen LogP contribution in [-0.4, -0.2) is 21.1 Å². The molecule has 1 saturated carbocycles. The Bertz CT molecular complexity index is 454. The average Bonchev–Trinajstić information content (AvgIpc) is 3.11. The molecule has 3 nitrogen and oxygen atoms in total. The van der Waals surface area contributed by atoms with Crippen LogP contribution in [0.2, 0.25) is 0 Å². The van der Waals surface area contributed by atoms with E-state index in [9.17, 15) is 0 Å². The van der Waals surface area contributed by atoms with Gasteiger partial charge in [0, 0.05) is 24.1 Å². The van der Waals surface area contributed by atoms with Crippen LogP contribution in [0, 0.1) is 0 Å². The van der Waals surface area contributed by atoms with E-state index in [1.165, 1.54) is 49.4 Å². The van der Waals surface area contributed by atoms with E-state index in [4.69, 9.17) is 10.7 Å². The number of imidazole rings is 1. The van der Waals surface area contributed by atoms with Crippen molar-refractivity contribution in [1.29, 1.82) is 0 Å². The Balaban J connectivity index is 1.96. The second-order valence-electron chi connectivity index (χ2n) is 5.68. The first-order chi connectivity index (χ1) is 9.31. The van der Waals surface area contributed by atoms with Gasteiger partial charge in [0.15, 0.2) is 0 Å². The molecule has 4 heteroatoms. The van der Waals surface area contributed by atoms with Crippen LogP contribution < -0.4 is 5.73 Å². The molecular formula is C15H23N3S. The van der Waals surface area contributed by atoms with Gasteiger partial charge < -0.3 is 10.3 Å². The average molecular weight is 277 g/mol. The van der Waals surface area contributed by atoms with E-state index in [2.05, 4.69) is 11.1 Å². The Labute approximate surface area is 119 Å². The van der Waals surface area contributed by atoms with Gasteiger partial charge in [-0.3, -0.25) is 0 Å². The molecule has 2 fully saturated rings. The standard InChI is InChI=1S/C15H23N3S/c1-2-8-18-14(16)13(12-7-9-19-10-12)17-15(18)11-5-3-4-6-11/h2,11-12H,1,3-10,16H2. The molecule has 0 spiro atoms. The summed E-state index contributed by atoms with van der Waals surface area (Å²) in [7, 11) is 0. The van der Waals surface area contributed by atoms with Gasteiger partial charge in [0.1, 0.15) is 11.6 Å². The summed E-state index contributed by atoms with van der Waals surface area (Å²) in [6.45, 7) is 4.66. The lowest BCUT2D eigenvalue weighted by Gasteiger charge is -2.12. The minimum Gasteiger partial charge on any atom is -0.384 e. The van der Waals surface area contributed by atoms with Gasteiger partial charge in [-0.1, -0.05) is 18.9 Å². The highest BCUT2D eigenvalue weighted by Crippen LogP contribution is 2.39. The van der Waals surface area contributed by atoms with E-state index in [-0.39, 0.29) is 0 Å². The van der Waals surface area contributed by atoms with Gasteiger partial charge >= 0.3 is 0 Å². The molecule has 19 heavy (non-hydrogen) atoms. The van der Waals surface area contributed by atoms with Crippen molar-refractivity contribution in [3.8, 4) is 0 Å². The molecule has 0 amide bonds. The van der Waals surface area contributed by atoms with Crippen LogP contribution >= 0.6 is 11.8 Å². The molecule has 0 aromatic carbocycles. The summed E-state index contributed by atoms with van der Waals surface area (Å²) in [6.07, 6.45) is 8.37. The maximum absolute atomic E-state index is 6.38. The highest BCUT2D eigenvalue weighted by molar-refractivity contribution is 7.99. The van der Waals surface area contributed by atoms with Crippen molar-refractivity contribution in [2.24, 2.45) is 0 Å². The zero-order valence-corrected chi connectivity index (χ0v) is 12.3. The monoisotopic (exact) mass is 277 g/mol. The molecule has 0 bridgehead atoms. The number of nitrogen functional groups attached to an aromatic ring is 1. The van der Waals surface area contributed by atoms with Crippen molar-refractivity contribution < 1.29 is 0 Å². The SMILES string of the molecule is C=CCn1c(C2CCCC2)nc(C2CCSC2)c1N. The zero-order valence-electron chi connectivity index (χ0n) is 11.5. The quantitative estimate of drug-likeness (QED) is 0.856. The number of allylic oxidation sites excluding steroid dienone is 1. The van der Waals surface area contributed by atoms with E-state index >= 15 is 0 Å². The molecule has 2 aliphatic rings. The fraction of sp³-hybridized carbons (Fsp3) is 0.667. The fourth-order valence-corrected chi connectivity index (χ4v) is 4.60. The predicted molar refractivity (Wildman–Crippen MR) is 82.7 cm³/mol. The van der Waals surface area contributed by atoms with Crippen molar-refractivity contribution in [3.63, 3.8) is 0 Å². The van der Waals surface area contributed by atoms with Crippen LogP contribution in [0.25, 0.3) is 0 Å². The molecule has 2 N–H and O–H groups in total. The number of aromatic nitrogens is 2. The Hall–Kier alpha value is -0.900. The second kappa shape index (κ2) is 5.61. The summed E-state index contributed by atoms with van der Waals surface area (Å²) in [4.78, 5) is 4.97. The van der Waals surface area contributed by atoms with E-state index in [1.807, 2.05) is 17.8 Å². The molecule has 1 unspecified atom stereocenters. The van der Waals surface area contributed by atoms with Gasteiger partial charge in [0.2, 0.25) is 0 Å². The summed E-state index contributed by atoms with van der Waals surface area (Å²) in [5.74, 6) is 5.73. The number of thioether (sulfide) groups is 1. The van der Waals surface area contributed by atoms with Crippen LogP contribution in [0.4, 0.5) is 5.82 Å². The molecule has 1 aromatic rings. The fourth-order valence-electron chi connectivity index (χ4n) is 3.37. The minimum absolute atomic E-state index is 0.566. The van der Waals surface area contributed by atoms with Crippen LogP contribution in [-0.2, 0) is 6.54 Å². The predicted octanol–water partition coefficient (Wildman–Crippen LogP) is 3.53. The molecule has 0 radical (unpaired) electrons. The maximum Gasteiger partial charge on any atom is 0.127 e. The number of anilines is 1. The summed E-state index contributed by atoms with van der Waals surface area (Å²) >= 11 is 2.02. The topological polar surface area (TPSA) is 43.8 Å². The van der Waals surface area contributed by atoms with Gasteiger partial charge in [-0.05, 0) is 25.0 Å². The molecule has 1 atom stereocenters. The van der Waals surface area contributed by atoms with Crippen molar-refractivity contribution >= 4 is 17.6 Å². The van der Waals surface area contributed by atoms with Crippen LogP contribution in [0.15, 0.2) is 12.7 Å². The highest BCUT2D eigenvalue weighted by Gasteiger charge is 2.29. The summed E-state index contributed by atoms with van der Waals surface area (Å²) in [6, 6.07) is 0. The molecule has 1 aromatic heterocycles. The maximum atomic E-state index is 6.38. The van der Waals surface area contributed by atoms with E-state index in [0.29, 0.717) is 11.8 Å². The lowest BCUT2D eigenvalue weighted by molar-refractivity contribution is 0.616. The Morgan fingerprint density at radius 3 is 2.74 bits per heavy atom. The minimum atomic E-state index is 0.566. The van der Waals surface area contributed by atoms with Crippen molar-refractivity contribution in [3.05, 3.63) is 24.2 Å². The first-order valence-electron chi connectivity index (χ1n) is 7.35. The third kappa shape index (κ3) is 2.42. The van der Waals surface area contributed by atoms with E-state index in [1.54, 1.807) is 0 Å².